The first-order valence-corrected chi connectivity index (χ1v) is 48.8. The van der Waals surface area contributed by atoms with Crippen LogP contribution in [0.2, 0.25) is 0 Å². The molecule has 21 aromatic rings. The van der Waals surface area contributed by atoms with Crippen molar-refractivity contribution in [3.63, 3.8) is 0 Å². The second-order valence-electron chi connectivity index (χ2n) is 37.3. The molecule has 14 nitrogen and oxygen atoms in total. The van der Waals surface area contributed by atoms with Gasteiger partial charge in [0.15, 0.2) is 0 Å². The summed E-state index contributed by atoms with van der Waals surface area (Å²) in [4.78, 5) is 70.1. The third-order valence-corrected chi connectivity index (χ3v) is 29.3. The predicted octanol–water partition coefficient (Wildman–Crippen LogP) is 30.9. The molecule has 0 aliphatic carbocycles. The second kappa shape index (κ2) is 39.5. The van der Waals surface area contributed by atoms with Crippen LogP contribution in [0, 0.1) is 0 Å². The Labute approximate surface area is 771 Å². The lowest BCUT2D eigenvalue weighted by Gasteiger charge is -2.26. The third-order valence-electron chi connectivity index (χ3n) is 29.3. The van der Waals surface area contributed by atoms with Crippen molar-refractivity contribution in [1.29, 1.82) is 0 Å². The number of pyridine rings is 14. The highest BCUT2D eigenvalue weighted by molar-refractivity contribution is 6.10. The Kier molecular flexibility index (Phi) is 25.5. The van der Waals surface area contributed by atoms with Crippen LogP contribution in [0.1, 0.15) is 255 Å². The fraction of sp³-hybridized carbons (Fsp3) is 0.288. The molecule has 7 atom stereocenters. The lowest BCUT2D eigenvalue weighted by molar-refractivity contribution is 0.441. The van der Waals surface area contributed by atoms with Crippen molar-refractivity contribution in [2.24, 2.45) is 0 Å². The van der Waals surface area contributed by atoms with Gasteiger partial charge >= 0.3 is 0 Å². The van der Waals surface area contributed by atoms with Crippen molar-refractivity contribution in [1.82, 2.24) is 69.8 Å². The summed E-state index contributed by atoms with van der Waals surface area (Å²) in [6, 6.07) is 78.1. The lowest BCUT2D eigenvalue weighted by Crippen LogP contribution is -2.08. The Morgan fingerprint density at radius 3 is 0.561 bits per heavy atom. The molecule has 7 aromatic carbocycles. The van der Waals surface area contributed by atoms with Crippen molar-refractivity contribution in [3.05, 3.63) is 338 Å². The molecule has 14 heteroatoms. The maximum atomic E-state index is 5.14. The van der Waals surface area contributed by atoms with Crippen LogP contribution in [0.3, 0.4) is 0 Å². The van der Waals surface area contributed by atoms with Gasteiger partial charge < -0.3 is 0 Å². The molecule has 14 aromatic heterocycles. The third kappa shape index (κ3) is 17.6. The molecule has 0 saturated heterocycles. The molecule has 0 radical (unpaired) electrons. The Morgan fingerprint density at radius 1 is 0.167 bits per heavy atom. The molecule has 0 bridgehead atoms. The van der Waals surface area contributed by atoms with E-state index in [1.165, 1.54) is 95.9 Å². The molecule has 0 N–H and O–H groups in total. The molecule has 21 rings (SSSR count). The predicted molar refractivity (Wildman–Crippen MR) is 545 cm³/mol. The van der Waals surface area contributed by atoms with Gasteiger partial charge in [0.2, 0.25) is 0 Å². The van der Waals surface area contributed by atoms with Crippen LogP contribution in [0.25, 0.3) is 153 Å². The first kappa shape index (κ1) is 85.1. The highest BCUT2D eigenvalue weighted by atomic mass is 14.8. The number of benzene rings is 7. The molecular weight excluding hydrogens is 1610 g/mol. The standard InChI is InChI=1S/C118H112N14/c1-3-4-7-29-82(103-75-89-43-20-61-124-110(89)117-96(103)50-27-68-131-117)54-55-83(104-76-90-44-21-62-125-111(90)118-97(104)51-28-69-132-118)35-13-12-34-78(99-71-85-39-16-57-120-106(85)113-92(99)46-23-64-127-113)30-8-5-9-31-79(100-72-86-40-17-58-121-107(86)114-93(100)47-24-65-128-114)36-14-37-80(101-73-87-41-18-59-122-108(87)115-94(101)48-25-66-129-115)32-10-6-11-33-81(102-74-88-42-19-60-123-109(88)116-95(102)49-26-67-130-116)53-52-77(2)98-70-84-38-15-56-119-105(84)112-91(98)45-22-63-126-112/h15-28,38-51,56-83H,3-14,29-37,52-55H2,1-2H3. The summed E-state index contributed by atoms with van der Waals surface area (Å²) >= 11 is 0. The molecular formula is C118H112N14. The summed E-state index contributed by atoms with van der Waals surface area (Å²) in [5, 5.41) is 16.6. The van der Waals surface area contributed by atoms with Crippen LogP contribution in [0.15, 0.2) is 299 Å². The fourth-order valence-corrected chi connectivity index (χ4v) is 22.8. The average molecular weight is 1730 g/mol. The van der Waals surface area contributed by atoms with Crippen molar-refractivity contribution in [3.8, 4) is 0 Å². The molecule has 0 amide bonds. The molecule has 0 saturated carbocycles. The van der Waals surface area contributed by atoms with Gasteiger partial charge in [-0.3, -0.25) is 69.8 Å². The molecule has 0 aliphatic heterocycles. The highest BCUT2D eigenvalue weighted by Gasteiger charge is 2.29. The molecule has 7 unspecified atom stereocenters. The lowest BCUT2D eigenvalue weighted by atomic mass is 9.79. The van der Waals surface area contributed by atoms with E-state index in [1.807, 2.05) is 92.8 Å². The van der Waals surface area contributed by atoms with E-state index >= 15 is 0 Å². The van der Waals surface area contributed by atoms with Crippen LogP contribution in [0.4, 0.5) is 0 Å². The van der Waals surface area contributed by atoms with E-state index < -0.39 is 0 Å². The topological polar surface area (TPSA) is 180 Å². The van der Waals surface area contributed by atoms with Gasteiger partial charge in [0.25, 0.3) is 0 Å². The summed E-state index contributed by atoms with van der Waals surface area (Å²) in [6.07, 6.45) is 54.2. The number of hydrogen-bond donors (Lipinski definition) is 0. The molecule has 14 heterocycles. The SMILES string of the molecule is CCCCCC(CCC(CCCCC(CCCCCC(CCCC(CCCCCC(CCC(C)c1cc2cccnc2c2ncccc12)c1cc2cccnc2c2ncccc12)c1cc2cccnc2c2ncccc12)c1cc2cccnc2c2ncccc12)c1cc2cccnc2c2ncccc12)c1cc2cccnc2c2ncccc12)c1cc2cccnc2c2ncccc12. The minimum atomic E-state index is 0.287. The van der Waals surface area contributed by atoms with E-state index in [-0.39, 0.29) is 11.8 Å². The van der Waals surface area contributed by atoms with Gasteiger partial charge in [-0.25, -0.2) is 0 Å². The van der Waals surface area contributed by atoms with Crippen LogP contribution in [-0.4, -0.2) is 69.8 Å². The maximum absolute atomic E-state index is 5.14. The van der Waals surface area contributed by atoms with Gasteiger partial charge in [-0.05, 0) is 291 Å². The van der Waals surface area contributed by atoms with Crippen LogP contribution < -0.4 is 0 Å². The number of aromatic nitrogens is 14. The van der Waals surface area contributed by atoms with Crippen molar-refractivity contribution >= 4 is 153 Å². The first-order valence-electron chi connectivity index (χ1n) is 48.8. The van der Waals surface area contributed by atoms with E-state index in [0.717, 1.165) is 256 Å². The molecule has 132 heavy (non-hydrogen) atoms. The van der Waals surface area contributed by atoms with Gasteiger partial charge in [-0.1, -0.05) is 176 Å². The minimum absolute atomic E-state index is 0.287. The summed E-state index contributed by atoms with van der Waals surface area (Å²) in [5.41, 5.74) is 23.4. The van der Waals surface area contributed by atoms with Gasteiger partial charge in [0.05, 0.1) is 77.2 Å². The summed E-state index contributed by atoms with van der Waals surface area (Å²) in [6.45, 7) is 4.74. The normalized spacial score (nSPS) is 13.8. The second-order valence-corrected chi connectivity index (χ2v) is 37.3. The highest BCUT2D eigenvalue weighted by Crippen LogP contribution is 2.48. The Hall–Kier alpha value is -13.7. The Bertz CT molecular complexity index is 7750. The molecule has 0 aliphatic rings. The largest absolute Gasteiger partial charge is 0.254 e. The Balaban J connectivity index is 0.554. The number of unbranched alkanes of at least 4 members (excludes halogenated alkanes) is 7. The number of fused-ring (bicyclic) bond motifs is 21. The maximum Gasteiger partial charge on any atom is 0.0967 e. The minimum Gasteiger partial charge on any atom is -0.254 e. The summed E-state index contributed by atoms with van der Waals surface area (Å²) in [7, 11) is 0. The van der Waals surface area contributed by atoms with Gasteiger partial charge in [-0.2, -0.15) is 0 Å². The van der Waals surface area contributed by atoms with E-state index in [9.17, 15) is 0 Å². The first-order chi connectivity index (χ1) is 65.4. The average Bonchev–Trinajstić information content (AvgIpc) is 0.797. The molecule has 0 fully saturated rings. The van der Waals surface area contributed by atoms with Crippen LogP contribution >= 0.6 is 0 Å². The zero-order valence-electron chi connectivity index (χ0n) is 75.8. The van der Waals surface area contributed by atoms with E-state index in [0.29, 0.717) is 29.6 Å². The smallest absolute Gasteiger partial charge is 0.0967 e. The van der Waals surface area contributed by atoms with Crippen molar-refractivity contribution in [2.45, 2.75) is 216 Å². The van der Waals surface area contributed by atoms with Crippen LogP contribution in [0.5, 0.6) is 0 Å². The zero-order chi connectivity index (χ0) is 88.5. The van der Waals surface area contributed by atoms with Gasteiger partial charge in [0, 0.05) is 162 Å². The summed E-state index contributed by atoms with van der Waals surface area (Å²) < 4.78 is 0. The zero-order valence-corrected chi connectivity index (χ0v) is 75.8. The molecule has 0 spiro atoms. The summed E-state index contributed by atoms with van der Waals surface area (Å²) in [5.74, 6) is 2.13. The van der Waals surface area contributed by atoms with Crippen LogP contribution in [-0.2, 0) is 0 Å². The quantitative estimate of drug-likeness (QED) is 0.0263. The number of hydrogen-bond acceptors (Lipinski definition) is 14. The fourth-order valence-electron chi connectivity index (χ4n) is 22.8. The Morgan fingerprint density at radius 2 is 0.333 bits per heavy atom. The van der Waals surface area contributed by atoms with E-state index in [2.05, 4.69) is 220 Å². The van der Waals surface area contributed by atoms with Gasteiger partial charge in [-0.15, -0.1) is 0 Å². The van der Waals surface area contributed by atoms with Gasteiger partial charge in [0.1, 0.15) is 0 Å². The monoisotopic (exact) mass is 1720 g/mol. The van der Waals surface area contributed by atoms with E-state index in [1.54, 1.807) is 0 Å². The van der Waals surface area contributed by atoms with E-state index in [4.69, 9.17) is 69.8 Å². The number of rotatable bonds is 38. The van der Waals surface area contributed by atoms with Crippen molar-refractivity contribution < 1.29 is 0 Å². The molecule has 654 valence electrons. The number of nitrogens with zero attached hydrogens (tertiary/aromatic N) is 14. The van der Waals surface area contributed by atoms with Crippen molar-refractivity contribution in [2.75, 3.05) is 0 Å².